The first kappa shape index (κ1) is 11.5. The number of aromatic amines is 1. The lowest BCUT2D eigenvalue weighted by Crippen LogP contribution is -2.30. The molecule has 1 heterocycles. The Labute approximate surface area is 96.6 Å². The zero-order valence-corrected chi connectivity index (χ0v) is 9.20. The van der Waals surface area contributed by atoms with E-state index in [9.17, 15) is 9.18 Å². The molecule has 1 aromatic heterocycles. The van der Waals surface area contributed by atoms with Gasteiger partial charge in [0, 0.05) is 11.9 Å². The highest BCUT2D eigenvalue weighted by Gasteiger charge is 2.15. The maximum Gasteiger partial charge on any atom is 0.270 e. The average Bonchev–Trinajstić information content (AvgIpc) is 2.71. The molecule has 6 heteroatoms. The fraction of sp³-hybridized carbons (Fsp3) is 0.273. The molecule has 1 aromatic carbocycles. The van der Waals surface area contributed by atoms with Crippen molar-refractivity contribution in [2.75, 3.05) is 6.54 Å². The topological polar surface area (TPSA) is 78.0 Å². The number of hydrogen-bond donors (Lipinski definition) is 3. The number of fused-ring (bicyclic) bond motifs is 1. The first-order valence-corrected chi connectivity index (χ1v) is 5.18. The molecular weight excluding hydrogens is 225 g/mol. The Bertz CT molecular complexity index is 551. The number of nitrogens with zero attached hydrogens (tertiary/aromatic N) is 1. The molecular formula is C11H12FN3O2. The van der Waals surface area contributed by atoms with Crippen LogP contribution in [0.25, 0.3) is 10.9 Å². The molecule has 0 saturated carbocycles. The zero-order chi connectivity index (χ0) is 12.4. The summed E-state index contributed by atoms with van der Waals surface area (Å²) >= 11 is 0. The molecule has 1 unspecified atom stereocenters. The van der Waals surface area contributed by atoms with E-state index in [0.29, 0.717) is 5.39 Å². The summed E-state index contributed by atoms with van der Waals surface area (Å²) < 4.78 is 13.3. The van der Waals surface area contributed by atoms with Gasteiger partial charge in [-0.1, -0.05) is 12.1 Å². The van der Waals surface area contributed by atoms with Gasteiger partial charge in [0.05, 0.1) is 6.10 Å². The van der Waals surface area contributed by atoms with E-state index in [1.165, 1.54) is 12.1 Å². The number of para-hydroxylation sites is 1. The number of aliphatic hydroxyl groups is 1. The second-order valence-corrected chi connectivity index (χ2v) is 3.79. The molecule has 3 N–H and O–H groups in total. The summed E-state index contributed by atoms with van der Waals surface area (Å²) in [5.74, 6) is -0.896. The fourth-order valence-electron chi connectivity index (χ4n) is 1.50. The van der Waals surface area contributed by atoms with Crippen molar-refractivity contribution in [1.29, 1.82) is 0 Å². The number of rotatable bonds is 3. The van der Waals surface area contributed by atoms with Gasteiger partial charge in [-0.05, 0) is 13.0 Å². The summed E-state index contributed by atoms with van der Waals surface area (Å²) in [6.45, 7) is 1.69. The molecule has 0 radical (unpaired) electrons. The molecule has 17 heavy (non-hydrogen) atoms. The summed E-state index contributed by atoms with van der Waals surface area (Å²) in [5.41, 5.74) is 0.329. The van der Waals surface area contributed by atoms with Crippen molar-refractivity contribution in [2.45, 2.75) is 13.0 Å². The lowest BCUT2D eigenvalue weighted by molar-refractivity contribution is 0.0920. The summed E-state index contributed by atoms with van der Waals surface area (Å²) in [5, 5.41) is 18.2. The number of nitrogens with one attached hydrogen (secondary N) is 2. The molecule has 0 saturated heterocycles. The molecule has 2 rings (SSSR count). The highest BCUT2D eigenvalue weighted by molar-refractivity contribution is 6.04. The van der Waals surface area contributed by atoms with Gasteiger partial charge in [-0.15, -0.1) is 0 Å². The fourth-order valence-corrected chi connectivity index (χ4v) is 1.50. The van der Waals surface area contributed by atoms with E-state index < -0.39 is 17.8 Å². The maximum atomic E-state index is 13.3. The Morgan fingerprint density at radius 1 is 1.65 bits per heavy atom. The molecule has 90 valence electrons. The second kappa shape index (κ2) is 4.50. The number of halogens is 1. The molecule has 1 amide bonds. The maximum absolute atomic E-state index is 13.3. The third-order valence-electron chi connectivity index (χ3n) is 2.32. The van der Waals surface area contributed by atoms with Crippen molar-refractivity contribution in [1.82, 2.24) is 15.5 Å². The summed E-state index contributed by atoms with van der Waals surface area (Å²) in [4.78, 5) is 11.7. The number of carbonyl (C=O) groups excluding carboxylic acids is 1. The Morgan fingerprint density at radius 3 is 3.12 bits per heavy atom. The molecule has 1 atom stereocenters. The van der Waals surface area contributed by atoms with Crippen molar-refractivity contribution < 1.29 is 14.3 Å². The molecule has 0 spiro atoms. The van der Waals surface area contributed by atoms with Gasteiger partial charge in [0.25, 0.3) is 5.91 Å². The summed E-state index contributed by atoms with van der Waals surface area (Å²) in [6.07, 6.45) is -0.634. The Morgan fingerprint density at radius 2 is 2.41 bits per heavy atom. The van der Waals surface area contributed by atoms with E-state index in [0.717, 1.165) is 0 Å². The number of H-pyrrole nitrogens is 1. The minimum atomic E-state index is -0.634. The Balaban J connectivity index is 2.30. The van der Waals surface area contributed by atoms with Crippen molar-refractivity contribution in [2.24, 2.45) is 0 Å². The highest BCUT2D eigenvalue weighted by atomic mass is 19.1. The zero-order valence-electron chi connectivity index (χ0n) is 9.20. The minimum Gasteiger partial charge on any atom is -0.392 e. The van der Waals surface area contributed by atoms with E-state index in [1.54, 1.807) is 13.0 Å². The molecule has 2 aromatic rings. The van der Waals surface area contributed by atoms with Crippen LogP contribution in [-0.2, 0) is 0 Å². The number of benzene rings is 1. The van der Waals surface area contributed by atoms with Crippen LogP contribution in [0, 0.1) is 5.82 Å². The second-order valence-electron chi connectivity index (χ2n) is 3.79. The summed E-state index contributed by atoms with van der Waals surface area (Å²) in [7, 11) is 0. The van der Waals surface area contributed by atoms with Crippen LogP contribution in [0.5, 0.6) is 0 Å². The van der Waals surface area contributed by atoms with Crippen LogP contribution >= 0.6 is 0 Å². The number of aliphatic hydroxyl groups excluding tert-OH is 1. The largest absolute Gasteiger partial charge is 0.392 e. The van der Waals surface area contributed by atoms with Crippen LogP contribution < -0.4 is 5.32 Å². The van der Waals surface area contributed by atoms with E-state index >= 15 is 0 Å². The molecule has 0 aliphatic rings. The monoisotopic (exact) mass is 237 g/mol. The van der Waals surface area contributed by atoms with Crippen molar-refractivity contribution >= 4 is 16.8 Å². The Kier molecular flexibility index (Phi) is 3.06. The van der Waals surface area contributed by atoms with Crippen LogP contribution in [0.4, 0.5) is 4.39 Å². The third-order valence-corrected chi connectivity index (χ3v) is 2.32. The van der Waals surface area contributed by atoms with Crippen LogP contribution in [0.15, 0.2) is 18.2 Å². The van der Waals surface area contributed by atoms with Gasteiger partial charge in [-0.25, -0.2) is 4.39 Å². The van der Waals surface area contributed by atoms with E-state index in [2.05, 4.69) is 15.5 Å². The van der Waals surface area contributed by atoms with Crippen LogP contribution in [-0.4, -0.2) is 33.9 Å². The number of carbonyl (C=O) groups is 1. The smallest absolute Gasteiger partial charge is 0.270 e. The lowest BCUT2D eigenvalue weighted by atomic mass is 10.2. The normalized spacial score (nSPS) is 12.6. The first-order chi connectivity index (χ1) is 8.09. The predicted molar refractivity (Wildman–Crippen MR) is 60.1 cm³/mol. The molecule has 0 aliphatic heterocycles. The molecule has 0 aliphatic carbocycles. The minimum absolute atomic E-state index is 0.134. The summed E-state index contributed by atoms with van der Waals surface area (Å²) in [6, 6.07) is 4.40. The van der Waals surface area contributed by atoms with Gasteiger partial charge in [-0.3, -0.25) is 9.89 Å². The van der Waals surface area contributed by atoms with Crippen molar-refractivity contribution in [3.8, 4) is 0 Å². The van der Waals surface area contributed by atoms with E-state index in [-0.39, 0.29) is 17.8 Å². The van der Waals surface area contributed by atoms with Crippen LogP contribution in [0.2, 0.25) is 0 Å². The van der Waals surface area contributed by atoms with Gasteiger partial charge in [0.15, 0.2) is 5.82 Å². The van der Waals surface area contributed by atoms with Crippen molar-refractivity contribution in [3.05, 3.63) is 29.7 Å². The van der Waals surface area contributed by atoms with Crippen LogP contribution in [0.3, 0.4) is 0 Å². The lowest BCUT2D eigenvalue weighted by Gasteiger charge is -2.05. The molecule has 0 bridgehead atoms. The van der Waals surface area contributed by atoms with Gasteiger partial charge in [0.1, 0.15) is 11.2 Å². The highest BCUT2D eigenvalue weighted by Crippen LogP contribution is 2.18. The Hall–Kier alpha value is -1.95. The van der Waals surface area contributed by atoms with Crippen LogP contribution in [0.1, 0.15) is 17.4 Å². The van der Waals surface area contributed by atoms with Gasteiger partial charge < -0.3 is 10.4 Å². The van der Waals surface area contributed by atoms with Gasteiger partial charge in [-0.2, -0.15) is 5.10 Å². The average molecular weight is 237 g/mol. The number of aromatic nitrogens is 2. The standard InChI is InChI=1S/C11H12FN3O2/c1-6(16)5-13-11(17)10-7-3-2-4-8(12)9(7)14-15-10/h2-4,6,16H,5H2,1H3,(H,13,17)(H,14,15). The van der Waals surface area contributed by atoms with Gasteiger partial charge >= 0.3 is 0 Å². The molecule has 5 nitrogen and oxygen atoms in total. The first-order valence-electron chi connectivity index (χ1n) is 5.18. The number of hydrogen-bond acceptors (Lipinski definition) is 3. The van der Waals surface area contributed by atoms with Crippen molar-refractivity contribution in [3.63, 3.8) is 0 Å². The predicted octanol–water partition coefficient (Wildman–Crippen LogP) is 0.813. The van der Waals surface area contributed by atoms with Gasteiger partial charge in [0.2, 0.25) is 0 Å². The third kappa shape index (κ3) is 2.26. The quantitative estimate of drug-likeness (QED) is 0.739. The molecule has 0 fully saturated rings. The van der Waals surface area contributed by atoms with E-state index in [1.807, 2.05) is 0 Å². The van der Waals surface area contributed by atoms with E-state index in [4.69, 9.17) is 5.11 Å². The number of amides is 1. The SMILES string of the molecule is CC(O)CNC(=O)c1[nH]nc2c(F)cccc12.